The lowest BCUT2D eigenvalue weighted by Crippen LogP contribution is -2.28. The number of carbonyl (C=O) groups excluding carboxylic acids is 1. The third-order valence-corrected chi connectivity index (χ3v) is 4.16. The van der Waals surface area contributed by atoms with Crippen molar-refractivity contribution in [2.24, 2.45) is 0 Å². The van der Waals surface area contributed by atoms with Gasteiger partial charge in [-0.15, -0.1) is 17.9 Å². The average molecular weight is 336 g/mol. The third kappa shape index (κ3) is 4.55. The Balaban J connectivity index is 2.09. The number of nitrogens with zero attached hydrogens (tertiary/aromatic N) is 1. The number of benzene rings is 1. The lowest BCUT2D eigenvalue weighted by molar-refractivity contribution is -0.126. The Morgan fingerprint density at radius 2 is 2.09 bits per heavy atom. The highest BCUT2D eigenvalue weighted by Crippen LogP contribution is 2.22. The quantitative estimate of drug-likeness (QED) is 0.550. The molecule has 0 unspecified atom stereocenters. The number of halogens is 2. The molecule has 0 radical (unpaired) electrons. The van der Waals surface area contributed by atoms with E-state index < -0.39 is 0 Å². The van der Waals surface area contributed by atoms with E-state index in [0.29, 0.717) is 23.0 Å². The molecule has 0 aliphatic rings. The van der Waals surface area contributed by atoms with Crippen LogP contribution in [0.1, 0.15) is 10.4 Å². The first-order valence-corrected chi connectivity index (χ1v) is 7.86. The molecule has 2 rings (SSSR count). The first kappa shape index (κ1) is 16.5. The predicted molar refractivity (Wildman–Crippen MR) is 90.4 cm³/mol. The standard InChI is InChI=1S/C17H15ClFNOS/c1-2-11-20(12-14-8-9-16(18)22-14)17(21)10-7-13-5-3-4-6-15(13)19/h2-10H,1,11-12H2/b10-7+. The maximum absolute atomic E-state index is 13.5. The highest BCUT2D eigenvalue weighted by molar-refractivity contribution is 7.16. The zero-order valence-corrected chi connectivity index (χ0v) is 13.4. The van der Waals surface area contributed by atoms with E-state index in [0.717, 1.165) is 4.88 Å². The van der Waals surface area contributed by atoms with Crippen LogP contribution in [0.2, 0.25) is 4.34 Å². The zero-order valence-electron chi connectivity index (χ0n) is 11.8. The smallest absolute Gasteiger partial charge is 0.247 e. The van der Waals surface area contributed by atoms with E-state index in [9.17, 15) is 9.18 Å². The molecule has 22 heavy (non-hydrogen) atoms. The van der Waals surface area contributed by atoms with Gasteiger partial charge in [0.2, 0.25) is 5.91 Å². The lowest BCUT2D eigenvalue weighted by atomic mass is 10.2. The van der Waals surface area contributed by atoms with Gasteiger partial charge in [-0.05, 0) is 24.3 Å². The first-order chi connectivity index (χ1) is 10.6. The second kappa shape index (κ2) is 7.92. The lowest BCUT2D eigenvalue weighted by Gasteiger charge is -2.18. The number of hydrogen-bond donors (Lipinski definition) is 0. The molecule has 0 aliphatic heterocycles. The molecule has 0 spiro atoms. The minimum Gasteiger partial charge on any atom is -0.330 e. The van der Waals surface area contributed by atoms with Gasteiger partial charge in [-0.3, -0.25) is 4.79 Å². The SMILES string of the molecule is C=CCN(Cc1ccc(Cl)s1)C(=O)/C=C/c1ccccc1F. The van der Waals surface area contributed by atoms with E-state index >= 15 is 0 Å². The van der Waals surface area contributed by atoms with Crippen molar-refractivity contribution in [2.75, 3.05) is 6.54 Å². The van der Waals surface area contributed by atoms with Gasteiger partial charge in [0.15, 0.2) is 0 Å². The molecule has 0 atom stereocenters. The number of hydrogen-bond acceptors (Lipinski definition) is 2. The summed E-state index contributed by atoms with van der Waals surface area (Å²) in [6.07, 6.45) is 4.51. The Morgan fingerprint density at radius 1 is 1.32 bits per heavy atom. The van der Waals surface area contributed by atoms with E-state index in [2.05, 4.69) is 6.58 Å². The van der Waals surface area contributed by atoms with Gasteiger partial charge in [0.1, 0.15) is 5.82 Å². The summed E-state index contributed by atoms with van der Waals surface area (Å²) in [5.41, 5.74) is 0.383. The normalized spacial score (nSPS) is 10.8. The number of carbonyl (C=O) groups is 1. The van der Waals surface area contributed by atoms with Crippen LogP contribution >= 0.6 is 22.9 Å². The summed E-state index contributed by atoms with van der Waals surface area (Å²) in [5, 5.41) is 0. The van der Waals surface area contributed by atoms with E-state index in [1.165, 1.54) is 29.6 Å². The first-order valence-electron chi connectivity index (χ1n) is 6.67. The Bertz CT molecular complexity index is 695. The van der Waals surface area contributed by atoms with Crippen molar-refractivity contribution < 1.29 is 9.18 Å². The summed E-state index contributed by atoms with van der Waals surface area (Å²) in [6.45, 7) is 4.52. The van der Waals surface area contributed by atoms with Crippen LogP contribution < -0.4 is 0 Å². The second-order valence-corrected chi connectivity index (χ2v) is 6.37. The minimum atomic E-state index is -0.355. The largest absolute Gasteiger partial charge is 0.330 e. The van der Waals surface area contributed by atoms with Crippen molar-refractivity contribution in [2.45, 2.75) is 6.54 Å². The van der Waals surface area contributed by atoms with Gasteiger partial charge in [0, 0.05) is 23.1 Å². The summed E-state index contributed by atoms with van der Waals surface area (Å²) >= 11 is 7.33. The van der Waals surface area contributed by atoms with E-state index in [1.807, 2.05) is 6.07 Å². The predicted octanol–water partition coefficient (Wildman–Crippen LogP) is 4.77. The molecule has 114 valence electrons. The molecule has 2 aromatic rings. The van der Waals surface area contributed by atoms with Crippen molar-refractivity contribution in [1.82, 2.24) is 4.90 Å². The molecule has 0 saturated carbocycles. The van der Waals surface area contributed by atoms with Crippen LogP contribution in [-0.4, -0.2) is 17.4 Å². The van der Waals surface area contributed by atoms with Crippen LogP contribution in [0, 0.1) is 5.82 Å². The van der Waals surface area contributed by atoms with Crippen LogP contribution in [-0.2, 0) is 11.3 Å². The van der Waals surface area contributed by atoms with Crippen molar-refractivity contribution in [1.29, 1.82) is 0 Å². The van der Waals surface area contributed by atoms with E-state index in [4.69, 9.17) is 11.6 Å². The third-order valence-electron chi connectivity index (χ3n) is 2.95. The van der Waals surface area contributed by atoms with Crippen LogP contribution in [0.4, 0.5) is 4.39 Å². The van der Waals surface area contributed by atoms with Crippen LogP contribution in [0.25, 0.3) is 6.08 Å². The fraction of sp³-hybridized carbons (Fsp3) is 0.118. The molecule has 5 heteroatoms. The molecule has 0 N–H and O–H groups in total. The number of amides is 1. The van der Waals surface area contributed by atoms with Crippen LogP contribution in [0.15, 0.2) is 55.1 Å². The van der Waals surface area contributed by atoms with Gasteiger partial charge in [0.05, 0.1) is 10.9 Å². The molecule has 1 aromatic carbocycles. The second-order valence-electron chi connectivity index (χ2n) is 4.57. The Labute approximate surface area is 138 Å². The van der Waals surface area contributed by atoms with Gasteiger partial charge >= 0.3 is 0 Å². The van der Waals surface area contributed by atoms with Gasteiger partial charge in [-0.25, -0.2) is 4.39 Å². The highest BCUT2D eigenvalue weighted by Gasteiger charge is 2.11. The number of thiophene rings is 1. The summed E-state index contributed by atoms with van der Waals surface area (Å²) in [4.78, 5) is 14.9. The summed E-state index contributed by atoms with van der Waals surface area (Å²) in [6, 6.07) is 10.0. The highest BCUT2D eigenvalue weighted by atomic mass is 35.5. The minimum absolute atomic E-state index is 0.201. The molecule has 0 fully saturated rings. The molecule has 0 aliphatic carbocycles. The van der Waals surface area contributed by atoms with Gasteiger partial charge < -0.3 is 4.90 Å². The fourth-order valence-corrected chi connectivity index (χ4v) is 2.99. The zero-order chi connectivity index (χ0) is 15.9. The van der Waals surface area contributed by atoms with Crippen LogP contribution in [0.5, 0.6) is 0 Å². The van der Waals surface area contributed by atoms with Gasteiger partial charge in [0.25, 0.3) is 0 Å². The van der Waals surface area contributed by atoms with Crippen molar-refractivity contribution in [3.05, 3.63) is 75.7 Å². The van der Waals surface area contributed by atoms with Gasteiger partial charge in [-0.2, -0.15) is 0 Å². The maximum Gasteiger partial charge on any atom is 0.247 e. The maximum atomic E-state index is 13.5. The molecule has 2 nitrogen and oxygen atoms in total. The molecule has 0 bridgehead atoms. The Morgan fingerprint density at radius 3 is 2.73 bits per heavy atom. The Hall–Kier alpha value is -1.91. The average Bonchev–Trinajstić information content (AvgIpc) is 2.91. The topological polar surface area (TPSA) is 20.3 Å². The summed E-state index contributed by atoms with van der Waals surface area (Å²) in [7, 11) is 0. The molecule has 0 saturated heterocycles. The molecule has 1 amide bonds. The van der Waals surface area contributed by atoms with Crippen molar-refractivity contribution in [3.63, 3.8) is 0 Å². The fourth-order valence-electron chi connectivity index (χ4n) is 1.89. The molecule has 1 aromatic heterocycles. The van der Waals surface area contributed by atoms with E-state index in [1.54, 1.807) is 35.2 Å². The van der Waals surface area contributed by atoms with Gasteiger partial charge in [-0.1, -0.05) is 35.9 Å². The van der Waals surface area contributed by atoms with Crippen molar-refractivity contribution in [3.8, 4) is 0 Å². The van der Waals surface area contributed by atoms with E-state index in [-0.39, 0.29) is 11.7 Å². The Kier molecular flexibility index (Phi) is 5.92. The summed E-state index contributed by atoms with van der Waals surface area (Å²) in [5.74, 6) is -0.556. The monoisotopic (exact) mass is 335 g/mol. The molecular weight excluding hydrogens is 321 g/mol. The summed E-state index contributed by atoms with van der Waals surface area (Å²) < 4.78 is 14.2. The molecule has 1 heterocycles. The van der Waals surface area contributed by atoms with Crippen molar-refractivity contribution >= 4 is 34.9 Å². The van der Waals surface area contributed by atoms with Crippen LogP contribution in [0.3, 0.4) is 0 Å². The number of rotatable bonds is 6. The molecular formula is C17H15ClFNOS.